The Balaban J connectivity index is 2.33. The number of nitrogens with zero attached hydrogens (tertiary/aromatic N) is 3. The molecule has 0 bridgehead atoms. The Labute approximate surface area is 131 Å². The monoisotopic (exact) mass is 373 g/mol. The van der Waals surface area contributed by atoms with Crippen LogP contribution in [-0.4, -0.2) is 23.2 Å². The Morgan fingerprint density at radius 3 is 2.76 bits per heavy atom. The van der Waals surface area contributed by atoms with Gasteiger partial charge in [0.2, 0.25) is 10.0 Å². The Morgan fingerprint density at radius 1 is 1.48 bits per heavy atom. The molecule has 2 aromatic rings. The first kappa shape index (κ1) is 16.1. The van der Waals surface area contributed by atoms with Crippen molar-refractivity contribution < 1.29 is 8.42 Å². The molecule has 1 unspecified atom stereocenters. The first-order chi connectivity index (χ1) is 9.85. The fourth-order valence-electron chi connectivity index (χ4n) is 1.91. The summed E-state index contributed by atoms with van der Waals surface area (Å²) in [6.45, 7) is 1.98. The highest BCUT2D eigenvalue weighted by atomic mass is 79.9. The lowest BCUT2D eigenvalue weighted by molar-refractivity contribution is 0.552. The summed E-state index contributed by atoms with van der Waals surface area (Å²) in [5.74, 6) is 0.532. The molecule has 0 saturated heterocycles. The first-order valence-electron chi connectivity index (χ1n) is 6.20. The lowest BCUT2D eigenvalue weighted by atomic mass is 10.2. The minimum Gasteiger partial charge on any atom is -0.326 e. The van der Waals surface area contributed by atoms with Crippen molar-refractivity contribution in [1.82, 2.24) is 19.5 Å². The van der Waals surface area contributed by atoms with Gasteiger partial charge in [-0.05, 0) is 40.5 Å². The summed E-state index contributed by atoms with van der Waals surface area (Å²) in [6.07, 6.45) is 1.52. The van der Waals surface area contributed by atoms with E-state index in [0.717, 1.165) is 5.56 Å². The van der Waals surface area contributed by atoms with Crippen molar-refractivity contribution in [3.8, 4) is 0 Å². The first-order valence-corrected chi connectivity index (χ1v) is 8.47. The molecule has 0 aliphatic rings. The van der Waals surface area contributed by atoms with E-state index in [4.69, 9.17) is 5.73 Å². The molecule has 0 amide bonds. The van der Waals surface area contributed by atoms with Crippen molar-refractivity contribution in [1.29, 1.82) is 0 Å². The highest BCUT2D eigenvalue weighted by Gasteiger charge is 2.23. The van der Waals surface area contributed by atoms with Gasteiger partial charge in [0, 0.05) is 18.1 Å². The maximum atomic E-state index is 12.5. The number of aryl methyl sites for hydroxylation is 1. The van der Waals surface area contributed by atoms with Crippen LogP contribution in [0.4, 0.5) is 0 Å². The molecule has 1 heterocycles. The van der Waals surface area contributed by atoms with Crippen LogP contribution in [0.2, 0.25) is 0 Å². The number of rotatable bonds is 5. The Morgan fingerprint density at radius 2 is 2.19 bits per heavy atom. The van der Waals surface area contributed by atoms with Gasteiger partial charge in [-0.3, -0.25) is 0 Å². The largest absolute Gasteiger partial charge is 0.326 e. The van der Waals surface area contributed by atoms with Crippen LogP contribution in [0, 0.1) is 0 Å². The summed E-state index contributed by atoms with van der Waals surface area (Å²) in [4.78, 5) is 0.152. The number of nitrogens with two attached hydrogens (primary N) is 1. The summed E-state index contributed by atoms with van der Waals surface area (Å²) >= 11 is 3.26. The van der Waals surface area contributed by atoms with Gasteiger partial charge >= 0.3 is 0 Å². The molecule has 0 spiro atoms. The van der Waals surface area contributed by atoms with E-state index in [-0.39, 0.29) is 11.4 Å². The predicted molar refractivity (Wildman–Crippen MR) is 81.8 cm³/mol. The van der Waals surface area contributed by atoms with E-state index < -0.39 is 16.1 Å². The standard InChI is InChI=1S/C12H16BrN5O2S/c1-8(12-16-15-7-18(12)2)17-21(19,20)11-5-9(6-14)3-4-10(11)13/h3-5,7-8,17H,6,14H2,1-2H3. The molecule has 2 rings (SSSR count). The van der Waals surface area contributed by atoms with E-state index >= 15 is 0 Å². The van der Waals surface area contributed by atoms with Crippen LogP contribution in [-0.2, 0) is 23.6 Å². The lowest BCUT2D eigenvalue weighted by Crippen LogP contribution is -2.29. The van der Waals surface area contributed by atoms with Crippen LogP contribution in [0.5, 0.6) is 0 Å². The van der Waals surface area contributed by atoms with Gasteiger partial charge in [-0.25, -0.2) is 13.1 Å². The van der Waals surface area contributed by atoms with Crippen LogP contribution in [0.1, 0.15) is 24.4 Å². The van der Waals surface area contributed by atoms with Crippen molar-refractivity contribution in [2.45, 2.75) is 24.4 Å². The molecule has 0 fully saturated rings. The zero-order chi connectivity index (χ0) is 15.6. The number of hydrogen-bond donors (Lipinski definition) is 2. The number of nitrogens with one attached hydrogen (secondary N) is 1. The van der Waals surface area contributed by atoms with E-state index in [2.05, 4.69) is 30.8 Å². The van der Waals surface area contributed by atoms with Crippen LogP contribution in [0.25, 0.3) is 0 Å². The number of sulfonamides is 1. The van der Waals surface area contributed by atoms with Crippen molar-refractivity contribution in [3.05, 3.63) is 40.4 Å². The second-order valence-corrected chi connectivity index (χ2v) is 7.15. The number of aromatic nitrogens is 3. The molecule has 21 heavy (non-hydrogen) atoms. The van der Waals surface area contributed by atoms with E-state index in [9.17, 15) is 8.42 Å². The summed E-state index contributed by atoms with van der Waals surface area (Å²) in [7, 11) is -1.94. The second-order valence-electron chi connectivity index (χ2n) is 4.61. The minimum absolute atomic E-state index is 0.152. The third-order valence-electron chi connectivity index (χ3n) is 2.99. The molecular formula is C12H16BrN5O2S. The smallest absolute Gasteiger partial charge is 0.242 e. The highest BCUT2D eigenvalue weighted by Crippen LogP contribution is 2.24. The number of hydrogen-bond acceptors (Lipinski definition) is 5. The fraction of sp³-hybridized carbons (Fsp3) is 0.333. The Kier molecular flexibility index (Phi) is 4.77. The molecule has 7 nitrogen and oxygen atoms in total. The molecule has 0 saturated carbocycles. The molecule has 9 heteroatoms. The van der Waals surface area contributed by atoms with Crippen molar-refractivity contribution in [2.24, 2.45) is 12.8 Å². The fourth-order valence-corrected chi connectivity index (χ4v) is 4.13. The quantitative estimate of drug-likeness (QED) is 0.815. The molecule has 0 aliphatic carbocycles. The van der Waals surface area contributed by atoms with E-state index in [1.165, 1.54) is 6.33 Å². The maximum Gasteiger partial charge on any atom is 0.242 e. The summed E-state index contributed by atoms with van der Waals surface area (Å²) in [6, 6.07) is 4.49. The second kappa shape index (κ2) is 6.22. The maximum absolute atomic E-state index is 12.5. The SMILES string of the molecule is CC(NS(=O)(=O)c1cc(CN)ccc1Br)c1nncn1C. The van der Waals surface area contributed by atoms with Crippen molar-refractivity contribution in [2.75, 3.05) is 0 Å². The van der Waals surface area contributed by atoms with Gasteiger partial charge in [-0.1, -0.05) is 6.07 Å². The molecule has 1 aromatic heterocycles. The summed E-state index contributed by atoms with van der Waals surface area (Å²) in [5, 5.41) is 7.65. The zero-order valence-corrected chi connectivity index (χ0v) is 14.0. The zero-order valence-electron chi connectivity index (χ0n) is 11.6. The predicted octanol–water partition coefficient (Wildman–Crippen LogP) is 1.08. The van der Waals surface area contributed by atoms with Crippen LogP contribution >= 0.6 is 15.9 Å². The third kappa shape index (κ3) is 3.49. The van der Waals surface area contributed by atoms with Crippen LogP contribution < -0.4 is 10.5 Å². The molecule has 1 aromatic carbocycles. The van der Waals surface area contributed by atoms with Crippen molar-refractivity contribution >= 4 is 26.0 Å². The molecule has 3 N–H and O–H groups in total. The lowest BCUT2D eigenvalue weighted by Gasteiger charge is -2.15. The molecule has 114 valence electrons. The van der Waals surface area contributed by atoms with Crippen molar-refractivity contribution in [3.63, 3.8) is 0 Å². The van der Waals surface area contributed by atoms with Gasteiger partial charge in [0.25, 0.3) is 0 Å². The van der Waals surface area contributed by atoms with E-state index in [0.29, 0.717) is 10.3 Å². The minimum atomic E-state index is -3.70. The summed E-state index contributed by atoms with van der Waals surface area (Å²) in [5.41, 5.74) is 6.30. The van der Waals surface area contributed by atoms with Gasteiger partial charge in [-0.15, -0.1) is 10.2 Å². The van der Waals surface area contributed by atoms with Gasteiger partial charge in [0.15, 0.2) is 0 Å². The normalized spacial score (nSPS) is 13.3. The van der Waals surface area contributed by atoms with Crippen LogP contribution in [0.3, 0.4) is 0 Å². The van der Waals surface area contributed by atoms with Gasteiger partial charge < -0.3 is 10.3 Å². The highest BCUT2D eigenvalue weighted by molar-refractivity contribution is 9.10. The van der Waals surface area contributed by atoms with E-state index in [1.807, 2.05) is 0 Å². The number of halogens is 1. The third-order valence-corrected chi connectivity index (χ3v) is 5.52. The average molecular weight is 374 g/mol. The Bertz CT molecular complexity index is 744. The molecule has 0 aliphatic heterocycles. The topological polar surface area (TPSA) is 103 Å². The van der Waals surface area contributed by atoms with Gasteiger partial charge in [0.05, 0.1) is 10.9 Å². The van der Waals surface area contributed by atoms with Crippen LogP contribution in [0.15, 0.2) is 33.9 Å². The van der Waals surface area contributed by atoms with Gasteiger partial charge in [0.1, 0.15) is 12.2 Å². The molecular weight excluding hydrogens is 358 g/mol. The van der Waals surface area contributed by atoms with E-state index in [1.54, 1.807) is 36.7 Å². The molecule has 0 radical (unpaired) electrons. The average Bonchev–Trinajstić information content (AvgIpc) is 2.85. The number of benzene rings is 1. The van der Waals surface area contributed by atoms with Gasteiger partial charge in [-0.2, -0.15) is 0 Å². The summed E-state index contributed by atoms with van der Waals surface area (Å²) < 4.78 is 29.7. The Hall–Kier alpha value is -1.29. The molecule has 1 atom stereocenters.